The summed E-state index contributed by atoms with van der Waals surface area (Å²) in [5.41, 5.74) is 7.62. The molecule has 0 heterocycles. The van der Waals surface area contributed by atoms with Crippen LogP contribution >= 0.6 is 0 Å². The lowest BCUT2D eigenvalue weighted by Crippen LogP contribution is -2.37. The fourth-order valence-corrected chi connectivity index (χ4v) is 2.56. The zero-order valence-electron chi connectivity index (χ0n) is 15.4. The number of amides is 1. The van der Waals surface area contributed by atoms with E-state index in [2.05, 4.69) is 5.32 Å². The van der Waals surface area contributed by atoms with Gasteiger partial charge in [0.2, 0.25) is 11.7 Å². The molecule has 0 saturated heterocycles. The number of carbonyl (C=O) groups excluding carboxylic acids is 1. The van der Waals surface area contributed by atoms with Crippen molar-refractivity contribution >= 4 is 24.2 Å². The van der Waals surface area contributed by atoms with Crippen LogP contribution in [-0.2, 0) is 11.2 Å². The van der Waals surface area contributed by atoms with E-state index in [0.717, 1.165) is 5.56 Å². The average Bonchev–Trinajstić information content (AvgIpc) is 2.67. The number of ether oxygens (including phenoxy) is 3. The van der Waals surface area contributed by atoms with Crippen LogP contribution in [0, 0.1) is 0 Å². The molecule has 0 spiro atoms. The summed E-state index contributed by atoms with van der Waals surface area (Å²) in [4.78, 5) is 12.4. The highest BCUT2D eigenvalue weighted by molar-refractivity contribution is 6.58. The number of nitrogens with two attached hydrogens (primary N) is 1. The number of rotatable bonds is 8. The lowest BCUT2D eigenvalue weighted by molar-refractivity contribution is -0.117. The third-order valence-electron chi connectivity index (χ3n) is 4.00. The molecule has 0 aromatic heterocycles. The standard InChI is InChI=1S/C18H23BN2O6/c1-25-15-9-13(10-16(26-2)17(15)27-3)21-18(22)14(20)8-11-4-6-12(7-5-11)19(23)24/h4-7,9-10,14,23-24H,8,20H2,1-3H3,(H,21,22)/t14-/m0/s1. The number of nitrogens with one attached hydrogen (secondary N) is 1. The van der Waals surface area contributed by atoms with Crippen LogP contribution in [0.5, 0.6) is 17.2 Å². The van der Waals surface area contributed by atoms with Gasteiger partial charge in [0.05, 0.1) is 27.4 Å². The van der Waals surface area contributed by atoms with Crippen molar-refractivity contribution in [3.8, 4) is 17.2 Å². The molecule has 27 heavy (non-hydrogen) atoms. The molecule has 8 nitrogen and oxygen atoms in total. The monoisotopic (exact) mass is 374 g/mol. The number of methoxy groups -OCH3 is 3. The quantitative estimate of drug-likeness (QED) is 0.476. The van der Waals surface area contributed by atoms with Crippen molar-refractivity contribution in [2.75, 3.05) is 26.6 Å². The molecule has 5 N–H and O–H groups in total. The second-order valence-corrected chi connectivity index (χ2v) is 5.83. The van der Waals surface area contributed by atoms with E-state index in [0.29, 0.717) is 28.4 Å². The average molecular weight is 374 g/mol. The molecule has 0 radical (unpaired) electrons. The zero-order chi connectivity index (χ0) is 20.0. The van der Waals surface area contributed by atoms with Crippen LogP contribution in [0.2, 0.25) is 0 Å². The normalized spacial score (nSPS) is 11.5. The minimum atomic E-state index is -1.53. The molecule has 0 aliphatic heterocycles. The maximum Gasteiger partial charge on any atom is 0.488 e. The molecule has 0 bridgehead atoms. The topological polar surface area (TPSA) is 123 Å². The van der Waals surface area contributed by atoms with Gasteiger partial charge < -0.3 is 35.3 Å². The summed E-state index contributed by atoms with van der Waals surface area (Å²) in [6.45, 7) is 0. The van der Waals surface area contributed by atoms with Gasteiger partial charge in [0.25, 0.3) is 0 Å². The Morgan fingerprint density at radius 3 is 2.07 bits per heavy atom. The second-order valence-electron chi connectivity index (χ2n) is 5.83. The Balaban J connectivity index is 2.09. The van der Waals surface area contributed by atoms with Crippen LogP contribution in [0.3, 0.4) is 0 Å². The fourth-order valence-electron chi connectivity index (χ4n) is 2.56. The summed E-state index contributed by atoms with van der Waals surface area (Å²) in [6, 6.07) is 8.97. The molecule has 0 unspecified atom stereocenters. The van der Waals surface area contributed by atoms with Crippen LogP contribution in [0.1, 0.15) is 5.56 Å². The maximum absolute atomic E-state index is 12.4. The second kappa shape index (κ2) is 9.27. The van der Waals surface area contributed by atoms with Gasteiger partial charge in [-0.15, -0.1) is 0 Å². The van der Waals surface area contributed by atoms with Gasteiger partial charge in [-0.25, -0.2) is 0 Å². The van der Waals surface area contributed by atoms with Crippen LogP contribution < -0.4 is 30.7 Å². The molecule has 1 amide bonds. The predicted octanol–water partition coefficient (Wildman–Crippen LogP) is -0.0993. The zero-order valence-corrected chi connectivity index (χ0v) is 15.4. The fraction of sp³-hybridized carbons (Fsp3) is 0.278. The first-order valence-corrected chi connectivity index (χ1v) is 8.21. The smallest absolute Gasteiger partial charge is 0.488 e. The van der Waals surface area contributed by atoms with Crippen molar-refractivity contribution in [2.45, 2.75) is 12.5 Å². The lowest BCUT2D eigenvalue weighted by Gasteiger charge is -2.16. The first kappa shape index (κ1) is 20.6. The minimum Gasteiger partial charge on any atom is -0.493 e. The molecular weight excluding hydrogens is 351 g/mol. The van der Waals surface area contributed by atoms with Crippen LogP contribution in [0.4, 0.5) is 5.69 Å². The van der Waals surface area contributed by atoms with Crippen molar-refractivity contribution < 1.29 is 29.1 Å². The van der Waals surface area contributed by atoms with Crippen LogP contribution in [0.25, 0.3) is 0 Å². The van der Waals surface area contributed by atoms with Gasteiger partial charge >= 0.3 is 7.12 Å². The first-order valence-electron chi connectivity index (χ1n) is 8.21. The number of carbonyl (C=O) groups is 1. The Kier molecular flexibility index (Phi) is 7.06. The summed E-state index contributed by atoms with van der Waals surface area (Å²) in [6.07, 6.45) is 0.290. The summed E-state index contributed by atoms with van der Waals surface area (Å²) >= 11 is 0. The predicted molar refractivity (Wildman–Crippen MR) is 103 cm³/mol. The van der Waals surface area contributed by atoms with E-state index in [1.807, 2.05) is 0 Å². The summed E-state index contributed by atoms with van der Waals surface area (Å²) in [7, 11) is 2.94. The van der Waals surface area contributed by atoms with Crippen LogP contribution in [-0.4, -0.2) is 50.4 Å². The summed E-state index contributed by atoms with van der Waals surface area (Å²) in [5.74, 6) is 0.877. The molecule has 0 aliphatic rings. The number of benzene rings is 2. The van der Waals surface area contributed by atoms with Gasteiger partial charge in [-0.05, 0) is 17.4 Å². The largest absolute Gasteiger partial charge is 0.493 e. The molecule has 9 heteroatoms. The van der Waals surface area contributed by atoms with Gasteiger partial charge in [-0.3, -0.25) is 4.79 Å². The molecule has 0 saturated carbocycles. The van der Waals surface area contributed by atoms with Gasteiger partial charge in [0.15, 0.2) is 11.5 Å². The van der Waals surface area contributed by atoms with Gasteiger partial charge in [-0.1, -0.05) is 24.3 Å². The summed E-state index contributed by atoms with van der Waals surface area (Å²) < 4.78 is 15.8. The number of hydrogen-bond donors (Lipinski definition) is 4. The molecule has 2 rings (SSSR count). The first-order chi connectivity index (χ1) is 12.9. The Bertz CT molecular complexity index is 757. The van der Waals surface area contributed by atoms with E-state index < -0.39 is 13.2 Å². The van der Waals surface area contributed by atoms with E-state index in [1.54, 1.807) is 36.4 Å². The highest BCUT2D eigenvalue weighted by atomic mass is 16.5. The Morgan fingerprint density at radius 1 is 1.07 bits per heavy atom. The summed E-state index contributed by atoms with van der Waals surface area (Å²) in [5, 5.41) is 21.0. The third-order valence-corrected chi connectivity index (χ3v) is 4.00. The highest BCUT2D eigenvalue weighted by Crippen LogP contribution is 2.39. The van der Waals surface area contributed by atoms with Gasteiger partial charge in [0, 0.05) is 17.8 Å². The molecule has 2 aromatic carbocycles. The molecule has 144 valence electrons. The Labute approximate surface area is 158 Å². The lowest BCUT2D eigenvalue weighted by atomic mass is 9.80. The molecule has 0 fully saturated rings. The molecular formula is C18H23BN2O6. The molecule has 0 aliphatic carbocycles. The van der Waals surface area contributed by atoms with Crippen molar-refractivity contribution in [1.29, 1.82) is 0 Å². The van der Waals surface area contributed by atoms with Crippen molar-refractivity contribution in [3.63, 3.8) is 0 Å². The number of anilines is 1. The highest BCUT2D eigenvalue weighted by Gasteiger charge is 2.18. The van der Waals surface area contributed by atoms with Crippen LogP contribution in [0.15, 0.2) is 36.4 Å². The van der Waals surface area contributed by atoms with Gasteiger partial charge in [0.1, 0.15) is 0 Å². The third kappa shape index (κ3) is 5.13. The van der Waals surface area contributed by atoms with E-state index in [1.165, 1.54) is 21.3 Å². The van der Waals surface area contributed by atoms with E-state index in [-0.39, 0.29) is 12.3 Å². The van der Waals surface area contributed by atoms with Gasteiger partial charge in [-0.2, -0.15) is 0 Å². The SMILES string of the molecule is COc1cc(NC(=O)[C@@H](N)Cc2ccc(B(O)O)cc2)cc(OC)c1OC. The van der Waals surface area contributed by atoms with Crippen molar-refractivity contribution in [2.24, 2.45) is 5.73 Å². The Morgan fingerprint density at radius 2 is 1.63 bits per heavy atom. The minimum absolute atomic E-state index is 0.290. The maximum atomic E-state index is 12.4. The van der Waals surface area contributed by atoms with E-state index in [4.69, 9.17) is 30.0 Å². The van der Waals surface area contributed by atoms with Crippen molar-refractivity contribution in [1.82, 2.24) is 0 Å². The van der Waals surface area contributed by atoms with E-state index >= 15 is 0 Å². The Hall–Kier alpha value is -2.75. The molecule has 2 aromatic rings. The van der Waals surface area contributed by atoms with E-state index in [9.17, 15) is 4.79 Å². The number of hydrogen-bond acceptors (Lipinski definition) is 7. The molecule has 1 atom stereocenters. The van der Waals surface area contributed by atoms with Crippen molar-refractivity contribution in [3.05, 3.63) is 42.0 Å².